The minimum absolute atomic E-state index is 0.0175. The highest BCUT2D eigenvalue weighted by molar-refractivity contribution is 5.93. The summed E-state index contributed by atoms with van der Waals surface area (Å²) in [5, 5.41) is 0. The van der Waals surface area contributed by atoms with Crippen LogP contribution in [-0.4, -0.2) is 53.7 Å². The lowest BCUT2D eigenvalue weighted by molar-refractivity contribution is -0.135. The molecule has 0 radical (unpaired) electrons. The first-order chi connectivity index (χ1) is 12.5. The van der Waals surface area contributed by atoms with Gasteiger partial charge >= 0.3 is 5.91 Å². The first kappa shape index (κ1) is 20.0. The summed E-state index contributed by atoms with van der Waals surface area (Å²) >= 11 is 0. The Hall–Kier alpha value is -2.35. The van der Waals surface area contributed by atoms with Gasteiger partial charge in [0.2, 0.25) is 5.91 Å². The molecule has 1 aromatic rings. The van der Waals surface area contributed by atoms with Gasteiger partial charge in [-0.2, -0.15) is 0 Å². The Morgan fingerprint density at radius 2 is 1.92 bits per heavy atom. The van der Waals surface area contributed by atoms with Gasteiger partial charge in [0.25, 0.3) is 5.91 Å². The zero-order valence-corrected chi connectivity index (χ0v) is 15.5. The second-order valence-electron chi connectivity index (χ2n) is 6.36. The third-order valence-electron chi connectivity index (χ3n) is 4.48. The van der Waals surface area contributed by atoms with Gasteiger partial charge in [-0.15, -0.1) is 0 Å². The fraction of sp³-hybridized carbons (Fsp3) is 0.611. The minimum Gasteiger partial charge on any atom is -0.454 e. The lowest BCUT2D eigenvalue weighted by Gasteiger charge is -2.19. The highest BCUT2D eigenvalue weighted by Crippen LogP contribution is 2.11. The number of carbonyl (C=O) groups excluding carboxylic acids is 3. The molecule has 0 aliphatic carbocycles. The Labute approximate surface area is 153 Å². The molecule has 26 heavy (non-hydrogen) atoms. The Bertz CT molecular complexity index is 624. The van der Waals surface area contributed by atoms with Crippen molar-refractivity contribution in [2.45, 2.75) is 46.1 Å². The van der Waals surface area contributed by atoms with Crippen LogP contribution in [0.3, 0.4) is 0 Å². The topological polar surface area (TPSA) is 94.9 Å². The Kier molecular flexibility index (Phi) is 7.65. The van der Waals surface area contributed by atoms with Gasteiger partial charge in [-0.1, -0.05) is 20.3 Å². The summed E-state index contributed by atoms with van der Waals surface area (Å²) in [6.07, 6.45) is 3.23. The fourth-order valence-electron chi connectivity index (χ4n) is 2.86. The van der Waals surface area contributed by atoms with Gasteiger partial charge in [-0.05, 0) is 38.1 Å². The van der Waals surface area contributed by atoms with E-state index in [-0.39, 0.29) is 18.2 Å². The number of nitrogens with zero attached hydrogens (tertiary/aromatic N) is 2. The SMILES string of the molecule is CCN(CC)Cc1ccc(C(=O)NNC(=O)CN2CCCCCC2=O)o1. The van der Waals surface area contributed by atoms with Crippen LogP contribution >= 0.6 is 0 Å². The number of hydrazine groups is 1. The lowest BCUT2D eigenvalue weighted by atomic mass is 10.2. The predicted octanol–water partition coefficient (Wildman–Crippen LogP) is 1.29. The number of furan rings is 1. The fourth-order valence-corrected chi connectivity index (χ4v) is 2.86. The molecule has 1 aliphatic heterocycles. The van der Waals surface area contributed by atoms with E-state index >= 15 is 0 Å². The standard InChI is InChI=1S/C18H28N4O4/c1-3-21(4-2)12-14-9-10-15(26-14)18(25)20-19-16(23)13-22-11-7-5-6-8-17(22)24/h9-10H,3-8,11-13H2,1-2H3,(H,19,23)(H,20,25). The quantitative estimate of drug-likeness (QED) is 0.711. The van der Waals surface area contributed by atoms with Gasteiger partial charge < -0.3 is 9.32 Å². The van der Waals surface area contributed by atoms with E-state index in [0.29, 0.717) is 25.3 Å². The van der Waals surface area contributed by atoms with E-state index in [1.807, 2.05) is 0 Å². The summed E-state index contributed by atoms with van der Waals surface area (Å²) in [6.45, 7) is 7.06. The van der Waals surface area contributed by atoms with E-state index in [1.165, 1.54) is 4.90 Å². The summed E-state index contributed by atoms with van der Waals surface area (Å²) in [4.78, 5) is 39.6. The largest absolute Gasteiger partial charge is 0.454 e. The molecule has 1 aliphatic rings. The van der Waals surface area contributed by atoms with Crippen molar-refractivity contribution in [1.29, 1.82) is 0 Å². The van der Waals surface area contributed by atoms with E-state index < -0.39 is 11.8 Å². The molecule has 0 saturated carbocycles. The van der Waals surface area contributed by atoms with Crippen molar-refractivity contribution < 1.29 is 18.8 Å². The molecule has 2 heterocycles. The Morgan fingerprint density at radius 1 is 1.15 bits per heavy atom. The van der Waals surface area contributed by atoms with Crippen molar-refractivity contribution in [3.05, 3.63) is 23.7 Å². The summed E-state index contributed by atoms with van der Waals surface area (Å²) in [5.74, 6) is -0.135. The molecule has 1 saturated heterocycles. The lowest BCUT2D eigenvalue weighted by Crippen LogP contribution is -2.47. The van der Waals surface area contributed by atoms with Crippen LogP contribution < -0.4 is 10.9 Å². The molecule has 0 bridgehead atoms. The molecule has 3 amide bonds. The van der Waals surface area contributed by atoms with Gasteiger partial charge in [0, 0.05) is 13.0 Å². The normalized spacial score (nSPS) is 15.0. The third-order valence-corrected chi connectivity index (χ3v) is 4.48. The Morgan fingerprint density at radius 3 is 2.65 bits per heavy atom. The zero-order valence-electron chi connectivity index (χ0n) is 15.5. The minimum atomic E-state index is -0.522. The van der Waals surface area contributed by atoms with Crippen molar-refractivity contribution in [1.82, 2.24) is 20.7 Å². The van der Waals surface area contributed by atoms with Crippen molar-refractivity contribution >= 4 is 17.7 Å². The summed E-state index contributed by atoms with van der Waals surface area (Å²) < 4.78 is 5.53. The van der Waals surface area contributed by atoms with Gasteiger partial charge in [-0.3, -0.25) is 30.1 Å². The van der Waals surface area contributed by atoms with Gasteiger partial charge in [0.05, 0.1) is 6.54 Å². The van der Waals surface area contributed by atoms with Crippen LogP contribution in [0.1, 0.15) is 55.8 Å². The average Bonchev–Trinajstić information content (AvgIpc) is 3.02. The van der Waals surface area contributed by atoms with Crippen LogP contribution in [0.2, 0.25) is 0 Å². The first-order valence-electron chi connectivity index (χ1n) is 9.21. The molecule has 1 fully saturated rings. The first-order valence-corrected chi connectivity index (χ1v) is 9.21. The van der Waals surface area contributed by atoms with Crippen LogP contribution in [-0.2, 0) is 16.1 Å². The van der Waals surface area contributed by atoms with Crippen molar-refractivity contribution in [3.8, 4) is 0 Å². The number of rotatable bonds is 7. The summed E-state index contributed by atoms with van der Waals surface area (Å²) in [7, 11) is 0. The second kappa shape index (κ2) is 9.96. The number of carbonyl (C=O) groups is 3. The van der Waals surface area contributed by atoms with Crippen LogP contribution in [0.15, 0.2) is 16.5 Å². The van der Waals surface area contributed by atoms with Crippen molar-refractivity contribution in [3.63, 3.8) is 0 Å². The monoisotopic (exact) mass is 364 g/mol. The summed E-state index contributed by atoms with van der Waals surface area (Å²) in [5.41, 5.74) is 4.67. The average molecular weight is 364 g/mol. The number of nitrogens with one attached hydrogen (secondary N) is 2. The number of likely N-dealkylation sites (tertiary alicyclic amines) is 1. The molecule has 144 valence electrons. The predicted molar refractivity (Wildman–Crippen MR) is 96.0 cm³/mol. The molecule has 8 nitrogen and oxygen atoms in total. The van der Waals surface area contributed by atoms with E-state index in [9.17, 15) is 14.4 Å². The van der Waals surface area contributed by atoms with E-state index in [2.05, 4.69) is 29.6 Å². The van der Waals surface area contributed by atoms with E-state index in [0.717, 1.165) is 32.4 Å². The number of hydrogen-bond acceptors (Lipinski definition) is 5. The van der Waals surface area contributed by atoms with Crippen LogP contribution in [0.5, 0.6) is 0 Å². The molecule has 0 unspecified atom stereocenters. The highest BCUT2D eigenvalue weighted by atomic mass is 16.4. The maximum Gasteiger partial charge on any atom is 0.305 e. The smallest absolute Gasteiger partial charge is 0.305 e. The highest BCUT2D eigenvalue weighted by Gasteiger charge is 2.20. The van der Waals surface area contributed by atoms with Crippen molar-refractivity contribution in [2.75, 3.05) is 26.2 Å². The maximum atomic E-state index is 12.1. The van der Waals surface area contributed by atoms with E-state index in [4.69, 9.17) is 4.42 Å². The molecule has 8 heteroatoms. The molecule has 0 spiro atoms. The molecule has 2 rings (SSSR count). The molecular weight excluding hydrogens is 336 g/mol. The van der Waals surface area contributed by atoms with Gasteiger partial charge in [-0.25, -0.2) is 0 Å². The molecule has 1 aromatic heterocycles. The van der Waals surface area contributed by atoms with E-state index in [1.54, 1.807) is 12.1 Å². The molecule has 0 atom stereocenters. The zero-order chi connectivity index (χ0) is 18.9. The van der Waals surface area contributed by atoms with Gasteiger partial charge in [0.1, 0.15) is 12.3 Å². The summed E-state index contributed by atoms with van der Waals surface area (Å²) in [6, 6.07) is 3.34. The molecule has 2 N–H and O–H groups in total. The third kappa shape index (κ3) is 5.87. The molecule has 0 aromatic carbocycles. The molecular formula is C18H28N4O4. The number of hydrogen-bond donors (Lipinski definition) is 2. The Balaban J connectivity index is 1.79. The van der Waals surface area contributed by atoms with Crippen LogP contribution in [0.25, 0.3) is 0 Å². The number of amides is 3. The second-order valence-corrected chi connectivity index (χ2v) is 6.36. The van der Waals surface area contributed by atoms with Crippen molar-refractivity contribution in [2.24, 2.45) is 0 Å². The maximum absolute atomic E-state index is 12.1. The van der Waals surface area contributed by atoms with Gasteiger partial charge in [0.15, 0.2) is 5.76 Å². The van der Waals surface area contributed by atoms with Crippen LogP contribution in [0.4, 0.5) is 0 Å². The van der Waals surface area contributed by atoms with Crippen LogP contribution in [0, 0.1) is 0 Å².